The summed E-state index contributed by atoms with van der Waals surface area (Å²) in [5, 5.41) is 8.78. The molecule has 0 aliphatic rings. The van der Waals surface area contributed by atoms with E-state index in [2.05, 4.69) is 20.9 Å². The maximum Gasteiger partial charge on any atom is 0.127 e. The summed E-state index contributed by atoms with van der Waals surface area (Å²) in [6.07, 6.45) is 5.76. The normalized spacial score (nSPS) is 10.4. The molecule has 0 spiro atoms. The second-order valence-corrected chi connectivity index (χ2v) is 4.53. The van der Waals surface area contributed by atoms with Crippen molar-refractivity contribution >= 4 is 5.82 Å². The van der Waals surface area contributed by atoms with Crippen LogP contribution in [0, 0.1) is 11.3 Å². The first-order valence-corrected chi connectivity index (χ1v) is 6.47. The van der Waals surface area contributed by atoms with Crippen molar-refractivity contribution in [2.45, 2.75) is 19.5 Å². The highest BCUT2D eigenvalue weighted by atomic mass is 15.1. The molecule has 0 aromatic carbocycles. The SMILES string of the molecule is N#CCCN(Cc1cccnc1)Cc1cccnc1N. The summed E-state index contributed by atoms with van der Waals surface area (Å²) < 4.78 is 0. The Labute approximate surface area is 118 Å². The number of nitrogens with zero attached hydrogens (tertiary/aromatic N) is 4. The van der Waals surface area contributed by atoms with E-state index in [0.29, 0.717) is 25.3 Å². The molecule has 0 unspecified atom stereocenters. The number of aromatic nitrogens is 2. The van der Waals surface area contributed by atoms with E-state index in [1.165, 1.54) is 0 Å². The standard InChI is InChI=1S/C15H17N5/c16-6-3-9-20(11-13-4-1-7-18-10-13)12-14-5-2-8-19-15(14)17/h1-2,4-5,7-8,10H,3,9,11-12H2,(H2,17,19). The average molecular weight is 267 g/mol. The lowest BCUT2D eigenvalue weighted by molar-refractivity contribution is 0.263. The third kappa shape index (κ3) is 4.04. The zero-order valence-corrected chi connectivity index (χ0v) is 11.2. The summed E-state index contributed by atoms with van der Waals surface area (Å²) in [4.78, 5) is 10.4. The largest absolute Gasteiger partial charge is 0.383 e. The fraction of sp³-hybridized carbons (Fsp3) is 0.267. The number of hydrogen-bond donors (Lipinski definition) is 1. The van der Waals surface area contributed by atoms with Crippen molar-refractivity contribution in [2.75, 3.05) is 12.3 Å². The molecule has 0 aliphatic heterocycles. The topological polar surface area (TPSA) is 78.8 Å². The second-order valence-electron chi connectivity index (χ2n) is 4.53. The van der Waals surface area contributed by atoms with Crippen molar-refractivity contribution in [3.63, 3.8) is 0 Å². The molecule has 0 aliphatic carbocycles. The van der Waals surface area contributed by atoms with Crippen LogP contribution in [-0.2, 0) is 13.1 Å². The number of nitrogen functional groups attached to an aromatic ring is 1. The summed E-state index contributed by atoms with van der Waals surface area (Å²) in [7, 11) is 0. The van der Waals surface area contributed by atoms with Gasteiger partial charge in [-0.2, -0.15) is 5.26 Å². The van der Waals surface area contributed by atoms with Crippen molar-refractivity contribution in [3.8, 4) is 6.07 Å². The molecule has 0 atom stereocenters. The van der Waals surface area contributed by atoms with Gasteiger partial charge in [-0.1, -0.05) is 12.1 Å². The molecule has 102 valence electrons. The van der Waals surface area contributed by atoms with Crippen LogP contribution in [0.15, 0.2) is 42.9 Å². The molecule has 20 heavy (non-hydrogen) atoms. The zero-order valence-electron chi connectivity index (χ0n) is 11.2. The fourth-order valence-electron chi connectivity index (χ4n) is 2.00. The Balaban J connectivity index is 2.08. The highest BCUT2D eigenvalue weighted by molar-refractivity contribution is 5.38. The maximum atomic E-state index is 8.78. The number of pyridine rings is 2. The van der Waals surface area contributed by atoms with Crippen molar-refractivity contribution in [1.82, 2.24) is 14.9 Å². The first-order valence-electron chi connectivity index (χ1n) is 6.47. The number of anilines is 1. The molecule has 0 bridgehead atoms. The summed E-state index contributed by atoms with van der Waals surface area (Å²) in [6.45, 7) is 2.11. The van der Waals surface area contributed by atoms with Crippen molar-refractivity contribution in [2.24, 2.45) is 0 Å². The van der Waals surface area contributed by atoms with E-state index in [4.69, 9.17) is 11.0 Å². The number of nitrogens with two attached hydrogens (primary N) is 1. The molecule has 0 saturated heterocycles. The molecule has 5 nitrogen and oxygen atoms in total. The van der Waals surface area contributed by atoms with E-state index >= 15 is 0 Å². The van der Waals surface area contributed by atoms with E-state index in [1.54, 1.807) is 12.4 Å². The van der Waals surface area contributed by atoms with Crippen LogP contribution in [0.2, 0.25) is 0 Å². The van der Waals surface area contributed by atoms with Gasteiger partial charge in [-0.25, -0.2) is 4.98 Å². The quantitative estimate of drug-likeness (QED) is 0.865. The van der Waals surface area contributed by atoms with Crippen molar-refractivity contribution < 1.29 is 0 Å². The molecule has 2 aromatic rings. The lowest BCUT2D eigenvalue weighted by atomic mass is 10.2. The van der Waals surface area contributed by atoms with Crippen LogP contribution in [0.25, 0.3) is 0 Å². The first-order chi connectivity index (χ1) is 9.79. The minimum absolute atomic E-state index is 0.487. The predicted molar refractivity (Wildman–Crippen MR) is 77.2 cm³/mol. The summed E-state index contributed by atoms with van der Waals surface area (Å²) in [5.41, 5.74) is 7.98. The van der Waals surface area contributed by atoms with E-state index < -0.39 is 0 Å². The van der Waals surface area contributed by atoms with E-state index in [1.807, 2.05) is 30.5 Å². The fourth-order valence-corrected chi connectivity index (χ4v) is 2.00. The van der Waals surface area contributed by atoms with Gasteiger partial charge in [0.25, 0.3) is 0 Å². The third-order valence-electron chi connectivity index (χ3n) is 2.99. The highest BCUT2D eigenvalue weighted by Crippen LogP contribution is 2.13. The lowest BCUT2D eigenvalue weighted by Gasteiger charge is -2.21. The maximum absolute atomic E-state index is 8.78. The van der Waals surface area contributed by atoms with Gasteiger partial charge < -0.3 is 5.73 Å². The highest BCUT2D eigenvalue weighted by Gasteiger charge is 2.09. The molecule has 0 amide bonds. The van der Waals surface area contributed by atoms with E-state index in [0.717, 1.165) is 17.7 Å². The summed E-state index contributed by atoms with van der Waals surface area (Å²) in [5.74, 6) is 0.542. The Morgan fingerprint density at radius 2 is 2.05 bits per heavy atom. The predicted octanol–water partition coefficient (Wildman–Crippen LogP) is 1.97. The van der Waals surface area contributed by atoms with Gasteiger partial charge in [-0.15, -0.1) is 0 Å². The Morgan fingerprint density at radius 3 is 2.75 bits per heavy atom. The van der Waals surface area contributed by atoms with Crippen LogP contribution < -0.4 is 5.73 Å². The third-order valence-corrected chi connectivity index (χ3v) is 2.99. The molecular weight excluding hydrogens is 250 g/mol. The average Bonchev–Trinajstić information content (AvgIpc) is 2.48. The molecule has 2 N–H and O–H groups in total. The van der Waals surface area contributed by atoms with Crippen LogP contribution in [0.1, 0.15) is 17.5 Å². The van der Waals surface area contributed by atoms with E-state index in [9.17, 15) is 0 Å². The van der Waals surface area contributed by atoms with Gasteiger partial charge in [-0.05, 0) is 17.7 Å². The van der Waals surface area contributed by atoms with Crippen LogP contribution in [0.4, 0.5) is 5.82 Å². The van der Waals surface area contributed by atoms with Crippen molar-refractivity contribution in [1.29, 1.82) is 5.26 Å². The van der Waals surface area contributed by atoms with Crippen LogP contribution in [0.3, 0.4) is 0 Å². The van der Waals surface area contributed by atoms with Gasteiger partial charge in [0.2, 0.25) is 0 Å². The molecule has 2 heterocycles. The van der Waals surface area contributed by atoms with Gasteiger partial charge in [0.05, 0.1) is 6.07 Å². The van der Waals surface area contributed by atoms with Crippen LogP contribution in [-0.4, -0.2) is 21.4 Å². The van der Waals surface area contributed by atoms with E-state index in [-0.39, 0.29) is 0 Å². The number of rotatable bonds is 6. The summed E-state index contributed by atoms with van der Waals surface area (Å²) >= 11 is 0. The van der Waals surface area contributed by atoms with Gasteiger partial charge >= 0.3 is 0 Å². The van der Waals surface area contributed by atoms with Crippen LogP contribution in [0.5, 0.6) is 0 Å². The van der Waals surface area contributed by atoms with Gasteiger partial charge in [0.1, 0.15) is 5.82 Å². The molecule has 0 saturated carbocycles. The Morgan fingerprint density at radius 1 is 1.20 bits per heavy atom. The Bertz CT molecular complexity index is 576. The molecule has 0 radical (unpaired) electrons. The van der Waals surface area contributed by atoms with Crippen LogP contribution >= 0.6 is 0 Å². The summed E-state index contributed by atoms with van der Waals surface area (Å²) in [6, 6.07) is 9.96. The number of nitriles is 1. The van der Waals surface area contributed by atoms with Crippen molar-refractivity contribution in [3.05, 3.63) is 54.0 Å². The molecule has 0 fully saturated rings. The molecule has 5 heteroatoms. The number of hydrogen-bond acceptors (Lipinski definition) is 5. The van der Waals surface area contributed by atoms with Gasteiger partial charge in [0.15, 0.2) is 0 Å². The zero-order chi connectivity index (χ0) is 14.2. The monoisotopic (exact) mass is 267 g/mol. The molecule has 2 rings (SSSR count). The second kappa shape index (κ2) is 7.22. The molecule has 2 aromatic heterocycles. The first kappa shape index (κ1) is 14.0. The Hall–Kier alpha value is -2.45. The lowest BCUT2D eigenvalue weighted by Crippen LogP contribution is -2.24. The molecular formula is C15H17N5. The smallest absolute Gasteiger partial charge is 0.127 e. The van der Waals surface area contributed by atoms with Gasteiger partial charge in [0, 0.05) is 50.2 Å². The minimum atomic E-state index is 0.487. The minimum Gasteiger partial charge on any atom is -0.383 e. The van der Waals surface area contributed by atoms with Gasteiger partial charge in [-0.3, -0.25) is 9.88 Å². The Kier molecular flexibility index (Phi) is 5.04.